The zero-order valence-electron chi connectivity index (χ0n) is 11.4. The molecule has 1 aliphatic rings. The number of benzene rings is 2. The van der Waals surface area contributed by atoms with E-state index in [1.807, 2.05) is 0 Å². The molecule has 0 radical (unpaired) electrons. The van der Waals surface area contributed by atoms with Gasteiger partial charge in [-0.3, -0.25) is 19.7 Å². The van der Waals surface area contributed by atoms with Gasteiger partial charge in [-0.25, -0.2) is 10.4 Å². The lowest BCUT2D eigenvalue weighted by molar-refractivity contribution is -0.385. The molecule has 7 heteroatoms. The van der Waals surface area contributed by atoms with Crippen LogP contribution in [0.15, 0.2) is 48.5 Å². The number of hydrazine groups is 1. The van der Waals surface area contributed by atoms with E-state index >= 15 is 0 Å². The number of hydrogen-bond acceptors (Lipinski definition) is 5. The van der Waals surface area contributed by atoms with Gasteiger partial charge in [0.05, 0.1) is 16.1 Å². The molecule has 0 saturated heterocycles. The maximum atomic E-state index is 12.2. The first kappa shape index (κ1) is 13.9. The Balaban J connectivity index is 1.81. The van der Waals surface area contributed by atoms with Gasteiger partial charge >= 0.3 is 0 Å². The van der Waals surface area contributed by atoms with Crippen molar-refractivity contribution in [1.82, 2.24) is 10.4 Å². The number of nitro groups is 1. The van der Waals surface area contributed by atoms with E-state index in [2.05, 4.69) is 5.43 Å². The van der Waals surface area contributed by atoms with Crippen molar-refractivity contribution < 1.29 is 14.5 Å². The van der Waals surface area contributed by atoms with Crippen LogP contribution in [0.25, 0.3) is 0 Å². The molecule has 0 spiro atoms. The van der Waals surface area contributed by atoms with Gasteiger partial charge < -0.3 is 0 Å². The largest absolute Gasteiger partial charge is 0.276 e. The molecule has 110 valence electrons. The molecular formula is C15H11N3O4. The highest BCUT2D eigenvalue weighted by molar-refractivity contribution is 6.20. The summed E-state index contributed by atoms with van der Waals surface area (Å²) >= 11 is 0. The topological polar surface area (TPSA) is 92.6 Å². The summed E-state index contributed by atoms with van der Waals surface area (Å²) in [4.78, 5) is 34.8. The van der Waals surface area contributed by atoms with Crippen LogP contribution in [0.1, 0.15) is 26.3 Å². The van der Waals surface area contributed by atoms with Gasteiger partial charge in [0.15, 0.2) is 0 Å². The number of nitrogens with one attached hydrogen (secondary N) is 1. The lowest BCUT2D eigenvalue weighted by Gasteiger charge is -2.15. The van der Waals surface area contributed by atoms with Crippen LogP contribution in [0.2, 0.25) is 0 Å². The molecule has 0 atom stereocenters. The van der Waals surface area contributed by atoms with Crippen molar-refractivity contribution in [2.24, 2.45) is 0 Å². The summed E-state index contributed by atoms with van der Waals surface area (Å²) in [5.74, 6) is -0.918. The zero-order chi connectivity index (χ0) is 15.7. The van der Waals surface area contributed by atoms with E-state index in [4.69, 9.17) is 0 Å². The second-order valence-corrected chi connectivity index (χ2v) is 4.71. The lowest BCUT2D eigenvalue weighted by atomic mass is 10.1. The molecule has 2 aromatic rings. The van der Waals surface area contributed by atoms with E-state index in [0.29, 0.717) is 16.7 Å². The average molecular weight is 297 g/mol. The van der Waals surface area contributed by atoms with E-state index in [1.165, 1.54) is 6.07 Å². The highest BCUT2D eigenvalue weighted by atomic mass is 16.6. The molecule has 0 saturated carbocycles. The molecule has 0 unspecified atom stereocenters. The quantitative estimate of drug-likeness (QED) is 0.528. The average Bonchev–Trinajstić information content (AvgIpc) is 2.77. The van der Waals surface area contributed by atoms with Gasteiger partial charge in [-0.05, 0) is 12.1 Å². The van der Waals surface area contributed by atoms with Crippen LogP contribution in [0.5, 0.6) is 0 Å². The third-order valence-corrected chi connectivity index (χ3v) is 3.41. The normalized spacial score (nSPS) is 13.4. The number of imide groups is 1. The number of hydrogen-bond donors (Lipinski definition) is 1. The fraction of sp³-hybridized carbons (Fsp3) is 0.0667. The second-order valence-electron chi connectivity index (χ2n) is 4.71. The summed E-state index contributed by atoms with van der Waals surface area (Å²) < 4.78 is 0. The molecule has 0 fully saturated rings. The van der Waals surface area contributed by atoms with E-state index in [0.717, 1.165) is 5.01 Å². The molecule has 7 nitrogen and oxygen atoms in total. The van der Waals surface area contributed by atoms with E-state index in [1.54, 1.807) is 42.5 Å². The Morgan fingerprint density at radius 1 is 0.955 bits per heavy atom. The maximum Gasteiger partial charge on any atom is 0.276 e. The van der Waals surface area contributed by atoms with Crippen molar-refractivity contribution >= 4 is 17.5 Å². The van der Waals surface area contributed by atoms with Crippen molar-refractivity contribution in [3.05, 3.63) is 75.3 Å². The van der Waals surface area contributed by atoms with Gasteiger partial charge in [0.25, 0.3) is 17.5 Å². The van der Waals surface area contributed by atoms with Crippen LogP contribution in [-0.4, -0.2) is 21.7 Å². The van der Waals surface area contributed by atoms with E-state index < -0.39 is 16.7 Å². The Kier molecular flexibility index (Phi) is 3.40. The van der Waals surface area contributed by atoms with Gasteiger partial charge in [0.1, 0.15) is 0 Å². The molecule has 0 aromatic heterocycles. The number of rotatable bonds is 4. The third-order valence-electron chi connectivity index (χ3n) is 3.41. The van der Waals surface area contributed by atoms with Gasteiger partial charge in [0, 0.05) is 18.2 Å². The number of carbonyl (C=O) groups excluding carboxylic acids is 2. The fourth-order valence-corrected chi connectivity index (χ4v) is 2.34. The summed E-state index contributed by atoms with van der Waals surface area (Å²) in [6.45, 7) is 0.00260. The van der Waals surface area contributed by atoms with Crippen LogP contribution >= 0.6 is 0 Å². The van der Waals surface area contributed by atoms with Crippen molar-refractivity contribution in [2.45, 2.75) is 6.54 Å². The monoisotopic (exact) mass is 297 g/mol. The lowest BCUT2D eigenvalue weighted by Crippen LogP contribution is -2.42. The predicted octanol–water partition coefficient (Wildman–Crippen LogP) is 1.90. The molecule has 3 rings (SSSR count). The molecule has 0 bridgehead atoms. The Labute approximate surface area is 125 Å². The van der Waals surface area contributed by atoms with Crippen molar-refractivity contribution in [2.75, 3.05) is 0 Å². The van der Waals surface area contributed by atoms with Crippen LogP contribution in [-0.2, 0) is 6.54 Å². The molecule has 22 heavy (non-hydrogen) atoms. The smallest absolute Gasteiger partial charge is 0.267 e. The first-order valence-corrected chi connectivity index (χ1v) is 6.53. The van der Waals surface area contributed by atoms with Gasteiger partial charge in [0.2, 0.25) is 0 Å². The van der Waals surface area contributed by atoms with Crippen LogP contribution in [0, 0.1) is 10.1 Å². The third kappa shape index (κ3) is 2.23. The summed E-state index contributed by atoms with van der Waals surface area (Å²) in [5, 5.41) is 11.8. The fourth-order valence-electron chi connectivity index (χ4n) is 2.34. The summed E-state index contributed by atoms with van der Waals surface area (Å²) in [6, 6.07) is 12.7. The Hall–Kier alpha value is -3.06. The number of amides is 2. The standard InChI is InChI=1S/C15H11N3O4/c19-14-11-6-2-3-7-12(11)15(20)17(14)16-9-10-5-1-4-8-13(10)18(21)22/h1-8,16H,9H2. The molecule has 1 N–H and O–H groups in total. The molecule has 2 amide bonds. The van der Waals surface area contributed by atoms with Gasteiger partial charge in [-0.15, -0.1) is 0 Å². The first-order chi connectivity index (χ1) is 10.6. The van der Waals surface area contributed by atoms with Crippen LogP contribution < -0.4 is 5.43 Å². The highest BCUT2D eigenvalue weighted by Gasteiger charge is 2.35. The Morgan fingerprint density at radius 3 is 2.09 bits per heavy atom. The van der Waals surface area contributed by atoms with Crippen LogP contribution in [0.4, 0.5) is 5.69 Å². The van der Waals surface area contributed by atoms with Crippen molar-refractivity contribution in [1.29, 1.82) is 0 Å². The first-order valence-electron chi connectivity index (χ1n) is 6.53. The predicted molar refractivity (Wildman–Crippen MR) is 76.9 cm³/mol. The van der Waals surface area contributed by atoms with Gasteiger partial charge in [-0.2, -0.15) is 0 Å². The Bertz CT molecular complexity index is 753. The zero-order valence-corrected chi connectivity index (χ0v) is 11.4. The summed E-state index contributed by atoms with van der Waals surface area (Å²) in [7, 11) is 0. The number of carbonyl (C=O) groups is 2. The van der Waals surface area contributed by atoms with Crippen molar-refractivity contribution in [3.8, 4) is 0 Å². The van der Waals surface area contributed by atoms with E-state index in [-0.39, 0.29) is 12.2 Å². The number of nitrogens with zero attached hydrogens (tertiary/aromatic N) is 2. The van der Waals surface area contributed by atoms with E-state index in [9.17, 15) is 19.7 Å². The molecule has 1 aliphatic heterocycles. The molecule has 0 aliphatic carbocycles. The minimum Gasteiger partial charge on any atom is -0.267 e. The van der Waals surface area contributed by atoms with Crippen molar-refractivity contribution in [3.63, 3.8) is 0 Å². The molecule has 1 heterocycles. The maximum absolute atomic E-state index is 12.2. The number of fused-ring (bicyclic) bond motifs is 1. The summed E-state index contributed by atoms with van der Waals surface area (Å²) in [6.07, 6.45) is 0. The van der Waals surface area contributed by atoms with Crippen LogP contribution in [0.3, 0.4) is 0 Å². The number of nitro benzene ring substituents is 1. The molecular weight excluding hydrogens is 286 g/mol. The minimum absolute atomic E-state index is 0.00260. The second kappa shape index (κ2) is 5.38. The molecule has 2 aromatic carbocycles. The van der Waals surface area contributed by atoms with Gasteiger partial charge in [-0.1, -0.05) is 30.3 Å². The number of para-hydroxylation sites is 1. The SMILES string of the molecule is O=C1c2ccccc2C(=O)N1NCc1ccccc1[N+](=O)[O-]. The minimum atomic E-state index is -0.501. The summed E-state index contributed by atoms with van der Waals surface area (Å²) in [5.41, 5.74) is 3.64. The Morgan fingerprint density at radius 2 is 1.50 bits per heavy atom. The highest BCUT2D eigenvalue weighted by Crippen LogP contribution is 2.22.